The van der Waals surface area contributed by atoms with Crippen LogP contribution in [0.3, 0.4) is 0 Å². The number of aliphatic hydroxyl groups excluding tert-OH is 1. The molecular formula is C11H24O6. The largest absolute Gasteiger partial charge is 0.391 e. The van der Waals surface area contributed by atoms with Crippen LogP contribution in [0.4, 0.5) is 0 Å². The normalized spacial score (nSPS) is 12.9. The third-order valence-electron chi connectivity index (χ3n) is 1.85. The van der Waals surface area contributed by atoms with Gasteiger partial charge in [0, 0.05) is 13.7 Å². The maximum atomic E-state index is 8.95. The lowest BCUT2D eigenvalue weighted by Crippen LogP contribution is -2.25. The van der Waals surface area contributed by atoms with Gasteiger partial charge in [0.15, 0.2) is 6.29 Å². The summed E-state index contributed by atoms with van der Waals surface area (Å²) in [6.45, 7) is 5.30. The summed E-state index contributed by atoms with van der Waals surface area (Å²) in [6.07, 6.45) is -0.611. The maximum absolute atomic E-state index is 8.95. The first-order valence-corrected chi connectivity index (χ1v) is 5.83. The Morgan fingerprint density at radius 1 is 0.882 bits per heavy atom. The van der Waals surface area contributed by atoms with Crippen LogP contribution in [-0.4, -0.2) is 71.4 Å². The minimum Gasteiger partial charge on any atom is -0.391 e. The zero-order valence-electron chi connectivity index (χ0n) is 10.7. The molecule has 0 aliphatic rings. The number of rotatable bonds is 13. The van der Waals surface area contributed by atoms with E-state index in [0.717, 1.165) is 0 Å². The lowest BCUT2D eigenvalue weighted by Gasteiger charge is -2.16. The highest BCUT2D eigenvalue weighted by atomic mass is 16.7. The molecule has 17 heavy (non-hydrogen) atoms. The molecule has 0 radical (unpaired) electrons. The molecule has 0 spiro atoms. The van der Waals surface area contributed by atoms with Crippen LogP contribution in [0.5, 0.6) is 0 Å². The van der Waals surface area contributed by atoms with Gasteiger partial charge in [-0.15, -0.1) is 0 Å². The van der Waals surface area contributed by atoms with E-state index in [9.17, 15) is 0 Å². The Balaban J connectivity index is 3.25. The Bertz CT molecular complexity index is 144. The monoisotopic (exact) mass is 252 g/mol. The fourth-order valence-electron chi connectivity index (χ4n) is 1.02. The van der Waals surface area contributed by atoms with Gasteiger partial charge < -0.3 is 28.8 Å². The molecule has 104 valence electrons. The van der Waals surface area contributed by atoms with Crippen LogP contribution in [0.15, 0.2) is 0 Å². The predicted octanol–water partition coefficient (Wildman–Crippen LogP) is 0.0375. The summed E-state index contributed by atoms with van der Waals surface area (Å²) in [5.41, 5.74) is 0. The Hall–Kier alpha value is -0.240. The van der Waals surface area contributed by atoms with Crippen molar-refractivity contribution in [3.8, 4) is 0 Å². The number of methoxy groups -OCH3 is 1. The van der Waals surface area contributed by atoms with Crippen LogP contribution in [0.1, 0.15) is 6.92 Å². The molecule has 0 aliphatic carbocycles. The van der Waals surface area contributed by atoms with Gasteiger partial charge in [-0.05, 0) is 6.92 Å². The smallest absolute Gasteiger partial charge is 0.180 e. The molecule has 0 heterocycles. The summed E-state index contributed by atoms with van der Waals surface area (Å²) in [6, 6.07) is 0. The molecule has 6 nitrogen and oxygen atoms in total. The first-order valence-electron chi connectivity index (χ1n) is 5.83. The maximum Gasteiger partial charge on any atom is 0.180 e. The van der Waals surface area contributed by atoms with Crippen molar-refractivity contribution in [2.75, 3.05) is 60.0 Å². The Morgan fingerprint density at radius 2 is 1.47 bits per heavy atom. The molecule has 0 aromatic rings. The van der Waals surface area contributed by atoms with Crippen molar-refractivity contribution in [3.63, 3.8) is 0 Å². The molecule has 0 aliphatic heterocycles. The summed E-state index contributed by atoms with van der Waals surface area (Å²) in [4.78, 5) is 0. The predicted molar refractivity (Wildman–Crippen MR) is 62.0 cm³/mol. The third kappa shape index (κ3) is 12.0. The summed E-state index contributed by atoms with van der Waals surface area (Å²) in [5.74, 6) is 0. The van der Waals surface area contributed by atoms with E-state index in [0.29, 0.717) is 46.2 Å². The van der Waals surface area contributed by atoms with Gasteiger partial charge >= 0.3 is 0 Å². The first kappa shape index (κ1) is 16.8. The van der Waals surface area contributed by atoms with Gasteiger partial charge in [0.2, 0.25) is 0 Å². The molecule has 1 unspecified atom stereocenters. The zero-order chi connectivity index (χ0) is 12.8. The molecule has 0 aromatic carbocycles. The summed E-state index contributed by atoms with van der Waals surface area (Å²) in [5, 5.41) is 8.95. The second kappa shape index (κ2) is 13.8. The van der Waals surface area contributed by atoms with E-state index in [1.165, 1.54) is 0 Å². The van der Waals surface area contributed by atoms with Crippen molar-refractivity contribution in [2.45, 2.75) is 13.2 Å². The molecule has 1 atom stereocenters. The van der Waals surface area contributed by atoms with Crippen molar-refractivity contribution in [1.82, 2.24) is 0 Å². The summed E-state index contributed by atoms with van der Waals surface area (Å²) < 4.78 is 25.6. The highest BCUT2D eigenvalue weighted by Gasteiger charge is 2.06. The number of ether oxygens (including phenoxy) is 5. The van der Waals surface area contributed by atoms with Crippen LogP contribution in [0.25, 0.3) is 0 Å². The van der Waals surface area contributed by atoms with Crippen LogP contribution in [-0.2, 0) is 23.7 Å². The number of hydrogen-bond donors (Lipinski definition) is 1. The van der Waals surface area contributed by atoms with Gasteiger partial charge in [-0.3, -0.25) is 0 Å². The molecular weight excluding hydrogens is 228 g/mol. The number of hydrogen-bond acceptors (Lipinski definition) is 6. The third-order valence-corrected chi connectivity index (χ3v) is 1.85. The van der Waals surface area contributed by atoms with Gasteiger partial charge in [-0.2, -0.15) is 0 Å². The van der Waals surface area contributed by atoms with Crippen LogP contribution >= 0.6 is 0 Å². The molecule has 0 saturated heterocycles. The Kier molecular flexibility index (Phi) is 13.6. The van der Waals surface area contributed by atoms with Gasteiger partial charge in [0.05, 0.1) is 46.2 Å². The van der Waals surface area contributed by atoms with Crippen LogP contribution < -0.4 is 0 Å². The second-order valence-electron chi connectivity index (χ2n) is 3.16. The average Bonchev–Trinajstić information content (AvgIpc) is 2.35. The van der Waals surface area contributed by atoms with Gasteiger partial charge in [0.1, 0.15) is 0 Å². The van der Waals surface area contributed by atoms with E-state index < -0.39 is 6.29 Å². The molecule has 0 aromatic heterocycles. The Morgan fingerprint density at radius 3 is 2.06 bits per heavy atom. The van der Waals surface area contributed by atoms with Crippen molar-refractivity contribution in [1.29, 1.82) is 0 Å². The van der Waals surface area contributed by atoms with E-state index in [1.807, 2.05) is 6.92 Å². The second-order valence-corrected chi connectivity index (χ2v) is 3.16. The van der Waals surface area contributed by atoms with Crippen molar-refractivity contribution in [3.05, 3.63) is 0 Å². The molecule has 0 bridgehead atoms. The van der Waals surface area contributed by atoms with Gasteiger partial charge in [0.25, 0.3) is 0 Å². The van der Waals surface area contributed by atoms with Crippen molar-refractivity contribution >= 4 is 0 Å². The molecule has 0 fully saturated rings. The van der Waals surface area contributed by atoms with Gasteiger partial charge in [-0.1, -0.05) is 0 Å². The number of aliphatic hydroxyl groups is 1. The Labute approximate surface area is 103 Å². The summed E-state index contributed by atoms with van der Waals surface area (Å²) in [7, 11) is 1.59. The average molecular weight is 252 g/mol. The van der Waals surface area contributed by atoms with E-state index in [1.54, 1.807) is 7.11 Å². The summed E-state index contributed by atoms with van der Waals surface area (Å²) >= 11 is 0. The molecule has 1 N–H and O–H groups in total. The molecule has 0 amide bonds. The highest BCUT2D eigenvalue weighted by molar-refractivity contribution is 4.41. The van der Waals surface area contributed by atoms with Gasteiger partial charge in [-0.25, -0.2) is 0 Å². The van der Waals surface area contributed by atoms with Crippen molar-refractivity contribution < 1.29 is 28.8 Å². The minimum atomic E-state index is -0.611. The topological polar surface area (TPSA) is 66.4 Å². The quantitative estimate of drug-likeness (QED) is 0.369. The van der Waals surface area contributed by atoms with E-state index in [2.05, 4.69) is 0 Å². The standard InChI is InChI=1S/C11H24O6/c1-3-14-5-6-15-7-9-17-11(10-12)16-8-4-13-2/h11-12H,3-10H2,1-2H3. The zero-order valence-corrected chi connectivity index (χ0v) is 10.7. The fraction of sp³-hybridized carbons (Fsp3) is 1.00. The van der Waals surface area contributed by atoms with Crippen molar-refractivity contribution in [2.24, 2.45) is 0 Å². The highest BCUT2D eigenvalue weighted by Crippen LogP contribution is 1.94. The van der Waals surface area contributed by atoms with E-state index >= 15 is 0 Å². The molecule has 0 rings (SSSR count). The van der Waals surface area contributed by atoms with Crippen LogP contribution in [0.2, 0.25) is 0 Å². The molecule has 6 heteroatoms. The molecule has 0 saturated carbocycles. The fourth-order valence-corrected chi connectivity index (χ4v) is 1.02. The van der Waals surface area contributed by atoms with E-state index in [-0.39, 0.29) is 6.61 Å². The lowest BCUT2D eigenvalue weighted by atomic mass is 10.6. The lowest BCUT2D eigenvalue weighted by molar-refractivity contribution is -0.174. The first-order chi connectivity index (χ1) is 8.35. The SMILES string of the molecule is CCOCCOCCOC(CO)OCCOC. The minimum absolute atomic E-state index is 0.178. The van der Waals surface area contributed by atoms with E-state index in [4.69, 9.17) is 28.8 Å². The van der Waals surface area contributed by atoms with Crippen LogP contribution in [0, 0.1) is 0 Å².